The highest BCUT2D eigenvalue weighted by atomic mass is 35.5. The van der Waals surface area contributed by atoms with Crippen molar-refractivity contribution in [3.05, 3.63) is 28.1 Å². The summed E-state index contributed by atoms with van der Waals surface area (Å²) in [6, 6.07) is 5.71. The van der Waals surface area contributed by atoms with Crippen molar-refractivity contribution in [3.8, 4) is 0 Å². The molecule has 1 fully saturated rings. The summed E-state index contributed by atoms with van der Waals surface area (Å²) in [5, 5.41) is 1.36. The SMILES string of the molecule is CN(C(=O)c1sc2cccc(Cl)c2c1N)C1CCOC1. The highest BCUT2D eigenvalue weighted by molar-refractivity contribution is 7.21. The average Bonchev–Trinajstić information content (AvgIpc) is 3.06. The van der Waals surface area contributed by atoms with Crippen LogP contribution in [0.5, 0.6) is 0 Å². The van der Waals surface area contributed by atoms with E-state index >= 15 is 0 Å². The Bertz CT molecular complexity index is 664. The number of likely N-dealkylation sites (N-methyl/N-ethyl adjacent to an activating group) is 1. The molecule has 1 aromatic carbocycles. The van der Waals surface area contributed by atoms with Crippen LogP contribution in [0, 0.1) is 0 Å². The van der Waals surface area contributed by atoms with E-state index in [2.05, 4.69) is 0 Å². The Kier molecular flexibility index (Phi) is 3.58. The number of ether oxygens (including phenoxy) is 1. The van der Waals surface area contributed by atoms with Gasteiger partial charge in [-0.05, 0) is 18.6 Å². The van der Waals surface area contributed by atoms with E-state index in [4.69, 9.17) is 22.1 Å². The first-order valence-corrected chi connectivity index (χ1v) is 7.60. The van der Waals surface area contributed by atoms with Crippen molar-refractivity contribution in [2.45, 2.75) is 12.5 Å². The summed E-state index contributed by atoms with van der Waals surface area (Å²) in [7, 11) is 1.80. The second kappa shape index (κ2) is 5.24. The third kappa shape index (κ3) is 2.16. The maximum atomic E-state index is 12.6. The molecule has 106 valence electrons. The van der Waals surface area contributed by atoms with Crippen LogP contribution in [-0.4, -0.2) is 37.1 Å². The molecule has 2 N–H and O–H groups in total. The summed E-state index contributed by atoms with van der Waals surface area (Å²) < 4.78 is 6.27. The van der Waals surface area contributed by atoms with Crippen molar-refractivity contribution in [2.24, 2.45) is 0 Å². The Balaban J connectivity index is 1.99. The highest BCUT2D eigenvalue weighted by Gasteiger charge is 2.28. The number of hydrogen-bond donors (Lipinski definition) is 1. The van der Waals surface area contributed by atoms with E-state index in [-0.39, 0.29) is 11.9 Å². The zero-order valence-electron chi connectivity index (χ0n) is 11.1. The largest absolute Gasteiger partial charge is 0.397 e. The van der Waals surface area contributed by atoms with Gasteiger partial charge in [-0.15, -0.1) is 11.3 Å². The molecule has 1 aliphatic heterocycles. The Labute approximate surface area is 126 Å². The molecule has 0 saturated carbocycles. The molecular formula is C14H15ClN2O2S. The molecule has 1 aromatic heterocycles. The minimum Gasteiger partial charge on any atom is -0.397 e. The Morgan fingerprint density at radius 1 is 1.55 bits per heavy atom. The number of anilines is 1. The Morgan fingerprint density at radius 3 is 3.00 bits per heavy atom. The maximum absolute atomic E-state index is 12.6. The van der Waals surface area contributed by atoms with Crippen molar-refractivity contribution in [1.82, 2.24) is 4.90 Å². The first kappa shape index (κ1) is 13.7. The van der Waals surface area contributed by atoms with Crippen LogP contribution in [0.3, 0.4) is 0 Å². The van der Waals surface area contributed by atoms with Gasteiger partial charge in [-0.2, -0.15) is 0 Å². The van der Waals surface area contributed by atoms with Crippen molar-refractivity contribution in [3.63, 3.8) is 0 Å². The lowest BCUT2D eigenvalue weighted by Gasteiger charge is -2.22. The molecule has 1 unspecified atom stereocenters. The predicted molar refractivity (Wildman–Crippen MR) is 82.6 cm³/mol. The lowest BCUT2D eigenvalue weighted by Crippen LogP contribution is -2.37. The van der Waals surface area contributed by atoms with Crippen LogP contribution in [0.4, 0.5) is 5.69 Å². The maximum Gasteiger partial charge on any atom is 0.266 e. The van der Waals surface area contributed by atoms with E-state index in [9.17, 15) is 4.79 Å². The van der Waals surface area contributed by atoms with E-state index < -0.39 is 0 Å². The monoisotopic (exact) mass is 310 g/mol. The number of fused-ring (bicyclic) bond motifs is 1. The number of nitrogens with two attached hydrogens (primary N) is 1. The minimum absolute atomic E-state index is 0.0599. The van der Waals surface area contributed by atoms with E-state index in [0.29, 0.717) is 28.8 Å². The number of carbonyl (C=O) groups excluding carboxylic acids is 1. The summed E-state index contributed by atoms with van der Waals surface area (Å²) >= 11 is 7.56. The third-order valence-corrected chi connectivity index (χ3v) is 5.14. The van der Waals surface area contributed by atoms with Crippen LogP contribution in [-0.2, 0) is 4.74 Å². The zero-order chi connectivity index (χ0) is 14.3. The molecule has 4 nitrogen and oxygen atoms in total. The van der Waals surface area contributed by atoms with Gasteiger partial charge in [0.05, 0.1) is 23.4 Å². The normalized spacial score (nSPS) is 18.6. The fourth-order valence-electron chi connectivity index (χ4n) is 2.44. The molecule has 3 rings (SSSR count). The molecule has 1 atom stereocenters. The summed E-state index contributed by atoms with van der Waals surface area (Å²) in [6.45, 7) is 1.30. The predicted octanol–water partition coefficient (Wildman–Crippen LogP) is 3.00. The summed E-state index contributed by atoms with van der Waals surface area (Å²) in [5.74, 6) is -0.0599. The summed E-state index contributed by atoms with van der Waals surface area (Å²) in [4.78, 5) is 14.9. The van der Waals surface area contributed by atoms with Gasteiger partial charge in [-0.3, -0.25) is 4.79 Å². The molecule has 1 saturated heterocycles. The number of nitrogen functional groups attached to an aromatic ring is 1. The smallest absolute Gasteiger partial charge is 0.266 e. The number of benzene rings is 1. The van der Waals surface area contributed by atoms with Crippen LogP contribution >= 0.6 is 22.9 Å². The number of amides is 1. The number of hydrogen-bond acceptors (Lipinski definition) is 4. The van der Waals surface area contributed by atoms with Crippen LogP contribution in [0.1, 0.15) is 16.1 Å². The zero-order valence-corrected chi connectivity index (χ0v) is 12.6. The Hall–Kier alpha value is -1.30. The standard InChI is InChI=1S/C14H15ClN2O2S/c1-17(8-5-6-19-7-8)14(18)13-12(16)11-9(15)3-2-4-10(11)20-13/h2-4,8H,5-7,16H2,1H3. The van der Waals surface area contributed by atoms with Gasteiger partial charge in [0.2, 0.25) is 0 Å². The van der Waals surface area contributed by atoms with Crippen LogP contribution < -0.4 is 5.73 Å². The van der Waals surface area contributed by atoms with Crippen LogP contribution in [0.15, 0.2) is 18.2 Å². The van der Waals surface area contributed by atoms with Gasteiger partial charge in [0.25, 0.3) is 5.91 Å². The molecule has 2 heterocycles. The lowest BCUT2D eigenvalue weighted by molar-refractivity contribution is 0.0717. The van der Waals surface area contributed by atoms with Gasteiger partial charge in [0, 0.05) is 23.7 Å². The Morgan fingerprint density at radius 2 is 2.35 bits per heavy atom. The molecule has 2 aromatic rings. The minimum atomic E-state index is -0.0599. The summed E-state index contributed by atoms with van der Waals surface area (Å²) in [5.41, 5.74) is 6.60. The number of carbonyl (C=O) groups is 1. The topological polar surface area (TPSA) is 55.6 Å². The van der Waals surface area contributed by atoms with Crippen LogP contribution in [0.25, 0.3) is 10.1 Å². The highest BCUT2D eigenvalue weighted by Crippen LogP contribution is 2.38. The van der Waals surface area contributed by atoms with E-state index in [1.54, 1.807) is 18.0 Å². The second-order valence-corrected chi connectivity index (χ2v) is 6.35. The molecule has 20 heavy (non-hydrogen) atoms. The van der Waals surface area contributed by atoms with Crippen molar-refractivity contribution in [1.29, 1.82) is 0 Å². The molecule has 1 aliphatic rings. The molecule has 0 aliphatic carbocycles. The molecule has 0 bridgehead atoms. The van der Waals surface area contributed by atoms with Gasteiger partial charge in [0.1, 0.15) is 4.88 Å². The van der Waals surface area contributed by atoms with Gasteiger partial charge in [-0.1, -0.05) is 17.7 Å². The fraction of sp³-hybridized carbons (Fsp3) is 0.357. The van der Waals surface area contributed by atoms with Crippen LogP contribution in [0.2, 0.25) is 5.02 Å². The summed E-state index contributed by atoms with van der Waals surface area (Å²) in [6.07, 6.45) is 0.869. The number of rotatable bonds is 2. The number of nitrogens with zero attached hydrogens (tertiary/aromatic N) is 1. The fourth-order valence-corrected chi connectivity index (χ4v) is 3.91. The quantitative estimate of drug-likeness (QED) is 0.927. The molecule has 0 radical (unpaired) electrons. The van der Waals surface area contributed by atoms with Crippen molar-refractivity contribution in [2.75, 3.05) is 26.0 Å². The van der Waals surface area contributed by atoms with Crippen molar-refractivity contribution < 1.29 is 9.53 Å². The second-order valence-electron chi connectivity index (χ2n) is 4.89. The average molecular weight is 311 g/mol. The van der Waals surface area contributed by atoms with E-state index in [1.807, 2.05) is 12.1 Å². The molecular weight excluding hydrogens is 296 g/mol. The van der Waals surface area contributed by atoms with Gasteiger partial charge < -0.3 is 15.4 Å². The molecule has 6 heteroatoms. The first-order valence-electron chi connectivity index (χ1n) is 6.41. The van der Waals surface area contributed by atoms with Gasteiger partial charge >= 0.3 is 0 Å². The number of thiophene rings is 1. The van der Waals surface area contributed by atoms with Gasteiger partial charge in [0.15, 0.2) is 0 Å². The molecule has 0 spiro atoms. The number of halogens is 1. The van der Waals surface area contributed by atoms with E-state index in [1.165, 1.54) is 11.3 Å². The third-order valence-electron chi connectivity index (χ3n) is 3.67. The van der Waals surface area contributed by atoms with Crippen molar-refractivity contribution >= 4 is 44.6 Å². The van der Waals surface area contributed by atoms with E-state index in [0.717, 1.165) is 16.5 Å². The molecule has 1 amide bonds. The first-order chi connectivity index (χ1) is 9.59. The van der Waals surface area contributed by atoms with Gasteiger partial charge in [-0.25, -0.2) is 0 Å². The lowest BCUT2D eigenvalue weighted by atomic mass is 10.2.